The zero-order valence-corrected chi connectivity index (χ0v) is 9.84. The van der Waals surface area contributed by atoms with E-state index < -0.39 is 0 Å². The highest BCUT2D eigenvalue weighted by Crippen LogP contribution is 2.15. The summed E-state index contributed by atoms with van der Waals surface area (Å²) in [6, 6.07) is 0.689. The van der Waals surface area contributed by atoms with Gasteiger partial charge in [-0.15, -0.1) is 0 Å². The van der Waals surface area contributed by atoms with Gasteiger partial charge in [-0.25, -0.2) is 0 Å². The van der Waals surface area contributed by atoms with Crippen molar-refractivity contribution in [3.05, 3.63) is 12.2 Å². The van der Waals surface area contributed by atoms with Crippen molar-refractivity contribution in [1.29, 1.82) is 0 Å². The SMILES string of the molecule is C=C(CC)CNC1CCN(C)CC1C. The lowest BCUT2D eigenvalue weighted by Crippen LogP contribution is -2.47. The first-order valence-corrected chi connectivity index (χ1v) is 5.72. The molecule has 0 amide bonds. The fraction of sp³-hybridized carbons (Fsp3) is 0.833. The summed E-state index contributed by atoms with van der Waals surface area (Å²) >= 11 is 0. The van der Waals surface area contributed by atoms with Crippen LogP contribution in [0.15, 0.2) is 12.2 Å². The molecule has 1 saturated heterocycles. The van der Waals surface area contributed by atoms with Gasteiger partial charge in [0.05, 0.1) is 0 Å². The topological polar surface area (TPSA) is 15.3 Å². The molecule has 1 aliphatic rings. The molecule has 0 saturated carbocycles. The molecule has 1 rings (SSSR count). The molecule has 0 aromatic carbocycles. The summed E-state index contributed by atoms with van der Waals surface area (Å²) in [5.41, 5.74) is 1.32. The molecule has 82 valence electrons. The Morgan fingerprint density at radius 1 is 1.57 bits per heavy atom. The van der Waals surface area contributed by atoms with E-state index in [0.717, 1.165) is 18.9 Å². The van der Waals surface area contributed by atoms with Crippen LogP contribution in [0.25, 0.3) is 0 Å². The average molecular weight is 196 g/mol. The molecule has 0 aromatic heterocycles. The summed E-state index contributed by atoms with van der Waals surface area (Å²) in [5, 5.41) is 3.62. The van der Waals surface area contributed by atoms with Crippen molar-refractivity contribution in [3.8, 4) is 0 Å². The van der Waals surface area contributed by atoms with Crippen LogP contribution < -0.4 is 5.32 Å². The molecule has 1 fully saturated rings. The third kappa shape index (κ3) is 3.43. The molecule has 1 heterocycles. The van der Waals surface area contributed by atoms with Crippen molar-refractivity contribution in [3.63, 3.8) is 0 Å². The van der Waals surface area contributed by atoms with Crippen LogP contribution in [-0.4, -0.2) is 37.6 Å². The molecule has 1 aliphatic heterocycles. The maximum absolute atomic E-state index is 4.02. The summed E-state index contributed by atoms with van der Waals surface area (Å²) in [5.74, 6) is 0.762. The third-order valence-electron chi connectivity index (χ3n) is 3.22. The number of likely N-dealkylation sites (tertiary alicyclic amines) is 1. The van der Waals surface area contributed by atoms with Crippen LogP contribution in [-0.2, 0) is 0 Å². The van der Waals surface area contributed by atoms with Crippen molar-refractivity contribution in [2.75, 3.05) is 26.7 Å². The van der Waals surface area contributed by atoms with Gasteiger partial charge in [0, 0.05) is 19.1 Å². The summed E-state index contributed by atoms with van der Waals surface area (Å²) in [6.45, 7) is 12.0. The van der Waals surface area contributed by atoms with E-state index in [1.165, 1.54) is 25.1 Å². The van der Waals surface area contributed by atoms with Gasteiger partial charge in [0.25, 0.3) is 0 Å². The smallest absolute Gasteiger partial charge is 0.0164 e. The third-order valence-corrected chi connectivity index (χ3v) is 3.22. The summed E-state index contributed by atoms with van der Waals surface area (Å²) < 4.78 is 0. The second kappa shape index (κ2) is 5.52. The van der Waals surface area contributed by atoms with Gasteiger partial charge >= 0.3 is 0 Å². The van der Waals surface area contributed by atoms with Gasteiger partial charge in [0.1, 0.15) is 0 Å². The molecular weight excluding hydrogens is 172 g/mol. The van der Waals surface area contributed by atoms with Crippen LogP contribution in [0.1, 0.15) is 26.7 Å². The van der Waals surface area contributed by atoms with E-state index in [9.17, 15) is 0 Å². The number of nitrogens with one attached hydrogen (secondary N) is 1. The highest BCUT2D eigenvalue weighted by atomic mass is 15.1. The Hall–Kier alpha value is -0.340. The van der Waals surface area contributed by atoms with E-state index >= 15 is 0 Å². The Labute approximate surface area is 88.4 Å². The molecule has 0 bridgehead atoms. The van der Waals surface area contributed by atoms with Crippen LogP contribution in [0.5, 0.6) is 0 Å². The number of hydrogen-bond donors (Lipinski definition) is 1. The molecule has 14 heavy (non-hydrogen) atoms. The van der Waals surface area contributed by atoms with Gasteiger partial charge in [-0.1, -0.05) is 26.0 Å². The van der Waals surface area contributed by atoms with E-state index in [0.29, 0.717) is 6.04 Å². The van der Waals surface area contributed by atoms with Crippen molar-refractivity contribution in [1.82, 2.24) is 10.2 Å². The van der Waals surface area contributed by atoms with Crippen molar-refractivity contribution < 1.29 is 0 Å². The first kappa shape index (κ1) is 11.7. The van der Waals surface area contributed by atoms with Gasteiger partial charge in [-0.2, -0.15) is 0 Å². The molecule has 2 atom stereocenters. The molecule has 2 nitrogen and oxygen atoms in total. The summed E-state index contributed by atoms with van der Waals surface area (Å²) in [6.07, 6.45) is 2.36. The molecule has 1 N–H and O–H groups in total. The normalized spacial score (nSPS) is 29.1. The maximum Gasteiger partial charge on any atom is 0.0164 e. The summed E-state index contributed by atoms with van der Waals surface area (Å²) in [4.78, 5) is 2.41. The lowest BCUT2D eigenvalue weighted by molar-refractivity contribution is 0.177. The number of piperidine rings is 1. The Bertz CT molecular complexity index is 189. The molecule has 2 heteroatoms. The van der Waals surface area contributed by atoms with Crippen LogP contribution in [0, 0.1) is 5.92 Å². The van der Waals surface area contributed by atoms with Crippen LogP contribution in [0.3, 0.4) is 0 Å². The minimum atomic E-state index is 0.689. The predicted molar refractivity (Wildman–Crippen MR) is 62.5 cm³/mol. The second-order valence-electron chi connectivity index (χ2n) is 4.62. The lowest BCUT2D eigenvalue weighted by atomic mass is 9.94. The van der Waals surface area contributed by atoms with Crippen LogP contribution in [0.4, 0.5) is 0 Å². The van der Waals surface area contributed by atoms with E-state index in [4.69, 9.17) is 0 Å². The van der Waals surface area contributed by atoms with Crippen LogP contribution >= 0.6 is 0 Å². The number of nitrogens with zero attached hydrogens (tertiary/aromatic N) is 1. The first-order chi connectivity index (χ1) is 6.63. The Morgan fingerprint density at radius 3 is 2.86 bits per heavy atom. The Morgan fingerprint density at radius 2 is 2.29 bits per heavy atom. The predicted octanol–water partition coefficient (Wildman–Crippen LogP) is 1.88. The van der Waals surface area contributed by atoms with Crippen molar-refractivity contribution in [2.45, 2.75) is 32.7 Å². The fourth-order valence-corrected chi connectivity index (χ4v) is 2.06. The highest BCUT2D eigenvalue weighted by molar-refractivity contribution is 4.96. The van der Waals surface area contributed by atoms with Crippen molar-refractivity contribution >= 4 is 0 Å². The summed E-state index contributed by atoms with van der Waals surface area (Å²) in [7, 11) is 2.21. The van der Waals surface area contributed by atoms with E-state index in [-0.39, 0.29) is 0 Å². The quantitative estimate of drug-likeness (QED) is 0.691. The standard InChI is InChI=1S/C12H24N2/c1-5-10(2)8-13-12-6-7-14(4)9-11(12)3/h11-13H,2,5-9H2,1,3-4H3. The first-order valence-electron chi connectivity index (χ1n) is 5.72. The van der Waals surface area contributed by atoms with Gasteiger partial charge in [0.2, 0.25) is 0 Å². The van der Waals surface area contributed by atoms with Gasteiger partial charge in [0.15, 0.2) is 0 Å². The van der Waals surface area contributed by atoms with Crippen LogP contribution in [0.2, 0.25) is 0 Å². The Kier molecular flexibility index (Phi) is 4.63. The Balaban J connectivity index is 2.27. The fourth-order valence-electron chi connectivity index (χ4n) is 2.06. The molecule has 0 aromatic rings. The second-order valence-corrected chi connectivity index (χ2v) is 4.62. The average Bonchev–Trinajstić information content (AvgIpc) is 2.16. The molecule has 0 aliphatic carbocycles. The zero-order valence-electron chi connectivity index (χ0n) is 9.84. The molecule has 0 radical (unpaired) electrons. The molecule has 2 unspecified atom stereocenters. The number of hydrogen-bond acceptors (Lipinski definition) is 2. The van der Waals surface area contributed by atoms with Gasteiger partial charge in [-0.05, 0) is 32.4 Å². The highest BCUT2D eigenvalue weighted by Gasteiger charge is 2.23. The monoisotopic (exact) mass is 196 g/mol. The lowest BCUT2D eigenvalue weighted by Gasteiger charge is -2.35. The van der Waals surface area contributed by atoms with E-state index in [1.807, 2.05) is 0 Å². The maximum atomic E-state index is 4.02. The molecule has 0 spiro atoms. The minimum absolute atomic E-state index is 0.689. The largest absolute Gasteiger partial charge is 0.310 e. The van der Waals surface area contributed by atoms with Gasteiger partial charge < -0.3 is 10.2 Å². The molecular formula is C12H24N2. The van der Waals surface area contributed by atoms with E-state index in [1.54, 1.807) is 0 Å². The number of rotatable bonds is 4. The van der Waals surface area contributed by atoms with E-state index in [2.05, 4.69) is 37.7 Å². The van der Waals surface area contributed by atoms with Gasteiger partial charge in [-0.3, -0.25) is 0 Å². The zero-order chi connectivity index (χ0) is 10.6. The van der Waals surface area contributed by atoms with Crippen molar-refractivity contribution in [2.24, 2.45) is 5.92 Å². The minimum Gasteiger partial charge on any atom is -0.310 e.